The molecule has 0 amide bonds. The van der Waals surface area contributed by atoms with Crippen LogP contribution in [0.2, 0.25) is 0 Å². The Morgan fingerprint density at radius 1 is 1.67 bits per heavy atom. The summed E-state index contributed by atoms with van der Waals surface area (Å²) in [6, 6.07) is 0. The monoisotopic (exact) mass is 128 g/mol. The second-order valence-corrected chi connectivity index (χ2v) is 2.15. The molecule has 0 saturated carbocycles. The van der Waals surface area contributed by atoms with Crippen molar-refractivity contribution in [2.24, 2.45) is 0 Å². The van der Waals surface area contributed by atoms with Gasteiger partial charge in [0.25, 0.3) is 0 Å². The first-order valence-electron chi connectivity index (χ1n) is 3.38. The molecule has 0 aliphatic rings. The fourth-order valence-electron chi connectivity index (χ4n) is 0.656. The SMILES string of the molecule is C#CCC(F)CCCC. The van der Waals surface area contributed by atoms with Gasteiger partial charge in [-0.05, 0) is 6.42 Å². The highest BCUT2D eigenvalue weighted by molar-refractivity contribution is 4.86. The number of unbranched alkanes of at least 4 members (excludes halogenated alkanes) is 1. The Balaban J connectivity index is 3.08. The number of alkyl halides is 1. The maximum absolute atomic E-state index is 12.4. The molecule has 0 aromatic heterocycles. The van der Waals surface area contributed by atoms with Crippen LogP contribution in [0.3, 0.4) is 0 Å². The summed E-state index contributed by atoms with van der Waals surface area (Å²) < 4.78 is 12.4. The number of rotatable bonds is 4. The Morgan fingerprint density at radius 2 is 2.33 bits per heavy atom. The molecule has 0 heterocycles. The van der Waals surface area contributed by atoms with E-state index in [4.69, 9.17) is 6.42 Å². The Morgan fingerprint density at radius 3 is 2.78 bits per heavy atom. The van der Waals surface area contributed by atoms with Gasteiger partial charge in [-0.25, -0.2) is 4.39 Å². The van der Waals surface area contributed by atoms with Crippen LogP contribution in [0.15, 0.2) is 0 Å². The first-order valence-corrected chi connectivity index (χ1v) is 3.38. The minimum absolute atomic E-state index is 0.278. The Kier molecular flexibility index (Phi) is 5.30. The maximum atomic E-state index is 12.4. The highest BCUT2D eigenvalue weighted by Gasteiger charge is 2.01. The van der Waals surface area contributed by atoms with E-state index in [-0.39, 0.29) is 6.42 Å². The van der Waals surface area contributed by atoms with E-state index in [9.17, 15) is 4.39 Å². The van der Waals surface area contributed by atoms with Crippen LogP contribution in [-0.4, -0.2) is 6.17 Å². The molecule has 1 atom stereocenters. The third kappa shape index (κ3) is 5.36. The van der Waals surface area contributed by atoms with Gasteiger partial charge in [0.15, 0.2) is 0 Å². The van der Waals surface area contributed by atoms with Gasteiger partial charge in [-0.1, -0.05) is 19.8 Å². The zero-order chi connectivity index (χ0) is 7.11. The third-order valence-electron chi connectivity index (χ3n) is 1.21. The van der Waals surface area contributed by atoms with E-state index >= 15 is 0 Å². The summed E-state index contributed by atoms with van der Waals surface area (Å²) in [5, 5.41) is 0. The van der Waals surface area contributed by atoms with Crippen LogP contribution in [0.4, 0.5) is 4.39 Å². The summed E-state index contributed by atoms with van der Waals surface area (Å²) in [5.74, 6) is 2.30. The fraction of sp³-hybridized carbons (Fsp3) is 0.750. The number of terminal acetylenes is 1. The van der Waals surface area contributed by atoms with E-state index in [0.717, 1.165) is 12.8 Å². The van der Waals surface area contributed by atoms with Crippen LogP contribution in [0, 0.1) is 12.3 Å². The van der Waals surface area contributed by atoms with Gasteiger partial charge in [-0.15, -0.1) is 12.3 Å². The lowest BCUT2D eigenvalue weighted by molar-refractivity contribution is 0.313. The lowest BCUT2D eigenvalue weighted by Crippen LogP contribution is -1.96. The number of hydrogen-bond acceptors (Lipinski definition) is 0. The summed E-state index contributed by atoms with van der Waals surface area (Å²) in [6.45, 7) is 2.04. The maximum Gasteiger partial charge on any atom is 0.111 e. The molecule has 9 heavy (non-hydrogen) atoms. The molecule has 0 saturated heterocycles. The van der Waals surface area contributed by atoms with Crippen molar-refractivity contribution in [2.75, 3.05) is 0 Å². The van der Waals surface area contributed by atoms with Gasteiger partial charge >= 0.3 is 0 Å². The Bertz CT molecular complexity index is 91.2. The van der Waals surface area contributed by atoms with Crippen LogP contribution >= 0.6 is 0 Å². The number of hydrogen-bond donors (Lipinski definition) is 0. The average Bonchev–Trinajstić information content (AvgIpc) is 1.85. The molecular weight excluding hydrogens is 115 g/mol. The molecule has 0 bridgehead atoms. The first kappa shape index (κ1) is 8.49. The minimum atomic E-state index is -0.769. The van der Waals surface area contributed by atoms with Gasteiger partial charge in [0, 0.05) is 6.42 Å². The molecule has 0 aromatic rings. The van der Waals surface area contributed by atoms with Crippen molar-refractivity contribution in [2.45, 2.75) is 38.8 Å². The molecule has 0 aliphatic carbocycles. The molecular formula is C8H13F. The molecule has 0 aromatic carbocycles. The van der Waals surface area contributed by atoms with Crippen LogP contribution in [0.5, 0.6) is 0 Å². The second kappa shape index (κ2) is 5.62. The van der Waals surface area contributed by atoms with E-state index < -0.39 is 6.17 Å². The summed E-state index contributed by atoms with van der Waals surface area (Å²) >= 11 is 0. The standard InChI is InChI=1S/C8H13F/c1-3-5-7-8(9)6-4-2/h2,8H,3,5-7H2,1H3. The number of halogens is 1. The summed E-state index contributed by atoms with van der Waals surface area (Å²) in [4.78, 5) is 0. The zero-order valence-electron chi connectivity index (χ0n) is 5.86. The Labute approximate surface area is 56.5 Å². The van der Waals surface area contributed by atoms with E-state index in [0.29, 0.717) is 6.42 Å². The smallest absolute Gasteiger partial charge is 0.111 e. The van der Waals surface area contributed by atoms with Crippen LogP contribution in [-0.2, 0) is 0 Å². The largest absolute Gasteiger partial charge is 0.246 e. The quantitative estimate of drug-likeness (QED) is 0.510. The molecule has 0 spiro atoms. The van der Waals surface area contributed by atoms with Gasteiger partial charge in [0.1, 0.15) is 6.17 Å². The molecule has 0 aliphatic heterocycles. The second-order valence-electron chi connectivity index (χ2n) is 2.15. The zero-order valence-corrected chi connectivity index (χ0v) is 5.86. The van der Waals surface area contributed by atoms with Crippen LogP contribution in [0.1, 0.15) is 32.6 Å². The topological polar surface area (TPSA) is 0 Å². The summed E-state index contributed by atoms with van der Waals surface area (Å²) in [5.41, 5.74) is 0. The molecule has 0 N–H and O–H groups in total. The van der Waals surface area contributed by atoms with Crippen molar-refractivity contribution < 1.29 is 4.39 Å². The van der Waals surface area contributed by atoms with Crippen LogP contribution in [0.25, 0.3) is 0 Å². The Hall–Kier alpha value is -0.510. The molecule has 1 heteroatoms. The predicted molar refractivity (Wildman–Crippen MR) is 37.9 cm³/mol. The minimum Gasteiger partial charge on any atom is -0.246 e. The van der Waals surface area contributed by atoms with Crippen molar-refractivity contribution in [3.8, 4) is 12.3 Å². The van der Waals surface area contributed by atoms with E-state index in [1.54, 1.807) is 0 Å². The van der Waals surface area contributed by atoms with Crippen molar-refractivity contribution in [1.29, 1.82) is 0 Å². The van der Waals surface area contributed by atoms with Crippen molar-refractivity contribution in [3.05, 3.63) is 0 Å². The normalized spacial score (nSPS) is 12.6. The van der Waals surface area contributed by atoms with Crippen molar-refractivity contribution >= 4 is 0 Å². The van der Waals surface area contributed by atoms with Gasteiger partial charge < -0.3 is 0 Å². The van der Waals surface area contributed by atoms with Gasteiger partial charge in [-0.3, -0.25) is 0 Å². The molecule has 52 valence electrons. The molecule has 0 fully saturated rings. The van der Waals surface area contributed by atoms with E-state index in [2.05, 4.69) is 5.92 Å². The predicted octanol–water partition coefficient (Wildman–Crippen LogP) is 2.54. The molecule has 0 radical (unpaired) electrons. The fourth-order valence-corrected chi connectivity index (χ4v) is 0.656. The van der Waals surface area contributed by atoms with Gasteiger partial charge in [0.05, 0.1) is 0 Å². The average molecular weight is 128 g/mol. The van der Waals surface area contributed by atoms with Crippen molar-refractivity contribution in [3.63, 3.8) is 0 Å². The third-order valence-corrected chi connectivity index (χ3v) is 1.21. The van der Waals surface area contributed by atoms with Crippen molar-refractivity contribution in [1.82, 2.24) is 0 Å². The lowest BCUT2D eigenvalue weighted by Gasteiger charge is -2.00. The molecule has 1 unspecified atom stereocenters. The summed E-state index contributed by atoms with van der Waals surface area (Å²) in [7, 11) is 0. The molecule has 0 nitrogen and oxygen atoms in total. The van der Waals surface area contributed by atoms with Gasteiger partial charge in [0.2, 0.25) is 0 Å². The highest BCUT2D eigenvalue weighted by Crippen LogP contribution is 2.06. The van der Waals surface area contributed by atoms with E-state index in [1.807, 2.05) is 6.92 Å². The highest BCUT2D eigenvalue weighted by atomic mass is 19.1. The van der Waals surface area contributed by atoms with Crippen LogP contribution < -0.4 is 0 Å². The van der Waals surface area contributed by atoms with Gasteiger partial charge in [-0.2, -0.15) is 0 Å². The first-order chi connectivity index (χ1) is 4.31. The summed E-state index contributed by atoms with van der Waals surface area (Å²) in [6.07, 6.45) is 7.04. The molecule has 0 rings (SSSR count). The lowest BCUT2D eigenvalue weighted by atomic mass is 10.1. The van der Waals surface area contributed by atoms with E-state index in [1.165, 1.54) is 0 Å².